The van der Waals surface area contributed by atoms with E-state index in [1.165, 1.54) is 128 Å². The van der Waals surface area contributed by atoms with Gasteiger partial charge >= 0.3 is 25.7 Å². The average Bonchev–Trinajstić information content (AvgIpc) is 0.762. The van der Waals surface area contributed by atoms with Crippen LogP contribution in [0.1, 0.15) is 297 Å². The van der Waals surface area contributed by atoms with E-state index in [0.29, 0.717) is 19.3 Å². The zero-order chi connectivity index (χ0) is 71.1. The monoisotopic (exact) mass is 1410 g/mol. The Kier molecular flexibility index (Phi) is 49.8. The minimum atomic E-state index is -5.69. The van der Waals surface area contributed by atoms with Gasteiger partial charge < -0.3 is 89.1 Å². The summed E-state index contributed by atoms with van der Waals surface area (Å²) in [5.74, 6) is -1.98. The molecule has 3 fully saturated rings. The van der Waals surface area contributed by atoms with Crippen LogP contribution in [0.3, 0.4) is 0 Å². The summed E-state index contributed by atoms with van der Waals surface area (Å²) >= 11 is 0. The normalized spacial score (nSPS) is 27.8. The summed E-state index contributed by atoms with van der Waals surface area (Å²) in [5, 5.41) is 110. The third-order valence-electron chi connectivity index (χ3n) is 18.8. The van der Waals surface area contributed by atoms with Crippen molar-refractivity contribution in [1.29, 1.82) is 0 Å². The number of carbonyl (C=O) groups excluding carboxylic acids is 3. The predicted molar refractivity (Wildman–Crippen MR) is 365 cm³/mol. The fraction of sp³-hybridized carbons (Fsp3) is 0.931. The van der Waals surface area contributed by atoms with Gasteiger partial charge in [-0.15, -0.1) is 0 Å². The fourth-order valence-electron chi connectivity index (χ4n) is 12.6. The predicted octanol–water partition coefficient (Wildman–Crippen LogP) is 10.4. The van der Waals surface area contributed by atoms with Gasteiger partial charge in [0.05, 0.1) is 13.2 Å². The van der Waals surface area contributed by atoms with Gasteiger partial charge in [-0.3, -0.25) is 23.4 Å². The second-order valence-corrected chi connectivity index (χ2v) is 28.8. The third-order valence-corrected chi connectivity index (χ3v) is 19.8. The standard InChI is InChI=1S/C72H133O24P/c1-4-7-10-13-16-19-22-24-26-28-30-32-34-37-40-43-46-56(74)88-50-53(91-58(76)48-45-42-39-36-31-21-18-15-12-9-6-3)51-90-97(86,87)96-70-68(94-71-66(84)61(79)59(77)54(49-73)92-71)64(82)63(81)65(83)69(70)95-72-67(85)62(80)60(78)55(93-72)52-89-57(75)47-44-41-38-35-33-29-27-25-23-20-17-14-11-8-5-2/h20,23,53-55,59-73,77-85H,4-19,21-22,24-52H2,1-3H3,(H,86,87)/b23-20-. The lowest BCUT2D eigenvalue weighted by atomic mass is 9.84. The maximum absolute atomic E-state index is 14.3. The van der Waals surface area contributed by atoms with E-state index < -0.39 is 156 Å². The van der Waals surface area contributed by atoms with Crippen LogP contribution in [-0.2, 0) is 61.2 Å². The number of hydrogen-bond acceptors (Lipinski definition) is 23. The molecule has 2 heterocycles. The van der Waals surface area contributed by atoms with Gasteiger partial charge in [0.15, 0.2) is 18.7 Å². The van der Waals surface area contributed by atoms with Gasteiger partial charge in [0.2, 0.25) is 0 Å². The molecule has 25 heteroatoms. The highest BCUT2D eigenvalue weighted by atomic mass is 31.2. The van der Waals surface area contributed by atoms with E-state index >= 15 is 0 Å². The Balaban J connectivity index is 1.72. The maximum atomic E-state index is 14.3. The van der Waals surface area contributed by atoms with Crippen LogP contribution >= 0.6 is 7.82 Å². The maximum Gasteiger partial charge on any atom is 0.472 e. The lowest BCUT2D eigenvalue weighted by molar-refractivity contribution is -0.360. The molecule has 0 amide bonds. The first-order chi connectivity index (χ1) is 46.8. The van der Waals surface area contributed by atoms with Crippen molar-refractivity contribution in [3.8, 4) is 0 Å². The minimum absolute atomic E-state index is 0.0248. The van der Waals surface area contributed by atoms with Crippen LogP contribution in [0, 0.1) is 0 Å². The number of rotatable bonds is 59. The number of esters is 3. The van der Waals surface area contributed by atoms with Crippen molar-refractivity contribution in [2.24, 2.45) is 0 Å². The molecule has 3 aliphatic rings. The van der Waals surface area contributed by atoms with Crippen LogP contribution in [0.5, 0.6) is 0 Å². The van der Waals surface area contributed by atoms with Crippen molar-refractivity contribution in [3.05, 3.63) is 12.2 Å². The summed E-state index contributed by atoms with van der Waals surface area (Å²) in [7, 11) is -5.69. The highest BCUT2D eigenvalue weighted by molar-refractivity contribution is 7.47. The van der Waals surface area contributed by atoms with E-state index in [2.05, 4.69) is 32.9 Å². The summed E-state index contributed by atoms with van der Waals surface area (Å²) in [5.41, 5.74) is 0. The minimum Gasteiger partial charge on any atom is -0.463 e. The Hall–Kier alpha value is -2.30. The quantitative estimate of drug-likeness (QED) is 0.00886. The molecule has 3 rings (SSSR count). The number of aliphatic hydroxyl groups is 10. The molecule has 97 heavy (non-hydrogen) atoms. The molecular weight excluding hydrogens is 1280 g/mol. The molecule has 0 aromatic heterocycles. The molecule has 0 aromatic carbocycles. The van der Waals surface area contributed by atoms with Gasteiger partial charge in [-0.2, -0.15) is 0 Å². The smallest absolute Gasteiger partial charge is 0.463 e. The van der Waals surface area contributed by atoms with Crippen LogP contribution in [0.4, 0.5) is 0 Å². The molecule has 18 unspecified atom stereocenters. The van der Waals surface area contributed by atoms with E-state index in [9.17, 15) is 74.9 Å². The SMILES string of the molecule is CCCCCC/C=C\CCCCCCCCCC(=O)OCC1OC(OC2C(O)C(O)C(O)C(OC3OC(CO)C(O)C(O)C3O)C2OP(=O)(O)OCC(COC(=O)CCCCCCCCCCCCCCCCCC)OC(=O)CCCCCCCCCCCCC)C(O)C(O)C1O. The molecule has 1 aliphatic carbocycles. The summed E-state index contributed by atoms with van der Waals surface area (Å²) in [6, 6.07) is 0. The number of phosphoric acid groups is 1. The van der Waals surface area contributed by atoms with Gasteiger partial charge in [0.1, 0.15) is 98.7 Å². The molecule has 570 valence electrons. The van der Waals surface area contributed by atoms with Crippen molar-refractivity contribution in [2.45, 2.75) is 401 Å². The molecule has 0 spiro atoms. The third kappa shape index (κ3) is 37.6. The molecule has 0 aromatic rings. The van der Waals surface area contributed by atoms with Gasteiger partial charge in [0, 0.05) is 19.3 Å². The van der Waals surface area contributed by atoms with Crippen LogP contribution in [0.2, 0.25) is 0 Å². The molecule has 24 nitrogen and oxygen atoms in total. The zero-order valence-corrected chi connectivity index (χ0v) is 60.3. The van der Waals surface area contributed by atoms with E-state index in [1.54, 1.807) is 0 Å². The number of hydrogen-bond donors (Lipinski definition) is 11. The Morgan fingerprint density at radius 2 is 0.722 bits per heavy atom. The molecule has 18 atom stereocenters. The Morgan fingerprint density at radius 3 is 1.12 bits per heavy atom. The number of carbonyl (C=O) groups is 3. The summed E-state index contributed by atoms with van der Waals surface area (Å²) in [4.78, 5) is 50.9. The van der Waals surface area contributed by atoms with Crippen molar-refractivity contribution in [3.63, 3.8) is 0 Å². The van der Waals surface area contributed by atoms with Gasteiger partial charge in [-0.1, -0.05) is 245 Å². The summed E-state index contributed by atoms with van der Waals surface area (Å²) in [6.45, 7) is 3.43. The Morgan fingerprint density at radius 1 is 0.392 bits per heavy atom. The highest BCUT2D eigenvalue weighted by Gasteiger charge is 2.58. The van der Waals surface area contributed by atoms with Crippen molar-refractivity contribution < 1.29 is 117 Å². The molecule has 2 saturated heterocycles. The first-order valence-electron chi connectivity index (χ1n) is 38.0. The van der Waals surface area contributed by atoms with Crippen molar-refractivity contribution >= 4 is 25.7 Å². The number of allylic oxidation sites excluding steroid dienone is 2. The molecule has 1 saturated carbocycles. The fourth-order valence-corrected chi connectivity index (χ4v) is 13.5. The Bertz CT molecular complexity index is 2060. The van der Waals surface area contributed by atoms with Crippen LogP contribution in [0.15, 0.2) is 12.2 Å². The van der Waals surface area contributed by atoms with E-state index in [0.717, 1.165) is 109 Å². The molecule has 0 radical (unpaired) electrons. The van der Waals surface area contributed by atoms with E-state index in [4.69, 9.17) is 42.2 Å². The first kappa shape index (κ1) is 88.9. The first-order valence-corrected chi connectivity index (χ1v) is 39.5. The lowest BCUT2D eigenvalue weighted by Gasteiger charge is -2.49. The van der Waals surface area contributed by atoms with E-state index in [1.807, 2.05) is 0 Å². The van der Waals surface area contributed by atoms with E-state index in [-0.39, 0.29) is 19.3 Å². The molecule has 2 aliphatic heterocycles. The molecule has 11 N–H and O–H groups in total. The lowest BCUT2D eigenvalue weighted by Crippen LogP contribution is -2.69. The van der Waals surface area contributed by atoms with Crippen LogP contribution < -0.4 is 0 Å². The Labute approximate surface area is 580 Å². The average molecular weight is 1410 g/mol. The van der Waals surface area contributed by atoms with Crippen molar-refractivity contribution in [1.82, 2.24) is 0 Å². The van der Waals surface area contributed by atoms with Crippen LogP contribution in [0.25, 0.3) is 0 Å². The summed E-state index contributed by atoms with van der Waals surface area (Å²) < 4.78 is 65.0. The number of aliphatic hydroxyl groups excluding tert-OH is 10. The topological polar surface area (TPSA) is 374 Å². The zero-order valence-electron chi connectivity index (χ0n) is 59.4. The number of ether oxygens (including phenoxy) is 7. The van der Waals surface area contributed by atoms with Crippen LogP contribution in [-0.4, -0.2) is 204 Å². The molecular formula is C72H133O24P. The molecule has 0 bridgehead atoms. The van der Waals surface area contributed by atoms with Gasteiger partial charge in [-0.05, 0) is 44.9 Å². The number of unbranched alkanes of at least 4 members (excludes halogenated alkanes) is 36. The van der Waals surface area contributed by atoms with Crippen molar-refractivity contribution in [2.75, 3.05) is 26.4 Å². The second-order valence-electron chi connectivity index (χ2n) is 27.4. The second kappa shape index (κ2) is 54.4. The summed E-state index contributed by atoms with van der Waals surface area (Å²) in [6.07, 6.45) is 12.8. The highest BCUT2D eigenvalue weighted by Crippen LogP contribution is 2.49. The van der Waals surface area contributed by atoms with Gasteiger partial charge in [0.25, 0.3) is 0 Å². The van der Waals surface area contributed by atoms with Gasteiger partial charge in [-0.25, -0.2) is 4.57 Å². The largest absolute Gasteiger partial charge is 0.472 e. The number of phosphoric ester groups is 1.